The van der Waals surface area contributed by atoms with Crippen molar-refractivity contribution >= 4 is 39.0 Å². The number of H-pyrrole nitrogens is 1. The van der Waals surface area contributed by atoms with E-state index >= 15 is 0 Å². The van der Waals surface area contributed by atoms with Crippen molar-refractivity contribution in [1.29, 1.82) is 0 Å². The second kappa shape index (κ2) is 4.99. The van der Waals surface area contributed by atoms with E-state index in [2.05, 4.69) is 45.2 Å². The van der Waals surface area contributed by atoms with Gasteiger partial charge in [-0.15, -0.1) is 11.8 Å². The zero-order valence-electron chi connectivity index (χ0n) is 11.9. The van der Waals surface area contributed by atoms with Crippen molar-refractivity contribution in [2.75, 3.05) is 0 Å². The van der Waals surface area contributed by atoms with Gasteiger partial charge in [-0.25, -0.2) is 0 Å². The molecule has 2 heterocycles. The van der Waals surface area contributed by atoms with Gasteiger partial charge in [-0.05, 0) is 54.7 Å². The van der Waals surface area contributed by atoms with Crippen molar-refractivity contribution in [2.45, 2.75) is 35.5 Å². The predicted molar refractivity (Wildman–Crippen MR) is 94.9 cm³/mol. The first-order valence-corrected chi connectivity index (χ1v) is 10.3. The van der Waals surface area contributed by atoms with Crippen molar-refractivity contribution in [3.63, 3.8) is 0 Å². The highest BCUT2D eigenvalue weighted by molar-refractivity contribution is 9.10. The fourth-order valence-corrected chi connectivity index (χ4v) is 8.05. The molecule has 2 bridgehead atoms. The third kappa shape index (κ3) is 1.95. The first-order chi connectivity index (χ1) is 10.7. The summed E-state index contributed by atoms with van der Waals surface area (Å²) in [6, 6.07) is 8.74. The number of nitrogens with one attached hydrogen (secondary N) is 1. The molecule has 1 N–H and O–H groups in total. The lowest BCUT2D eigenvalue weighted by Crippen LogP contribution is -2.33. The van der Waals surface area contributed by atoms with Gasteiger partial charge < -0.3 is 4.98 Å². The van der Waals surface area contributed by atoms with Crippen molar-refractivity contribution < 1.29 is 0 Å². The Hall–Kier alpha value is -0.520. The molecule has 0 amide bonds. The van der Waals surface area contributed by atoms with Crippen LogP contribution in [-0.4, -0.2) is 10.2 Å². The molecule has 1 aromatic carbocycles. The molecule has 2 nitrogen and oxygen atoms in total. The van der Waals surface area contributed by atoms with Gasteiger partial charge in [0, 0.05) is 20.5 Å². The minimum Gasteiger partial charge on any atom is -0.307 e. The van der Waals surface area contributed by atoms with Gasteiger partial charge in [-0.1, -0.05) is 39.4 Å². The Labute approximate surface area is 145 Å². The number of rotatable bonds is 1. The average Bonchev–Trinajstić information content (AvgIpc) is 3.19. The van der Waals surface area contributed by atoms with E-state index in [-0.39, 0.29) is 4.87 Å². The highest BCUT2D eigenvalue weighted by atomic mass is 79.9. The Morgan fingerprint density at radius 2 is 1.91 bits per heavy atom. The number of benzene rings is 1. The molecule has 0 saturated heterocycles. The first-order valence-electron chi connectivity index (χ1n) is 7.86. The molecule has 2 saturated carbocycles. The van der Waals surface area contributed by atoms with Crippen LogP contribution in [0.3, 0.4) is 0 Å². The molecule has 5 heteroatoms. The van der Waals surface area contributed by atoms with Gasteiger partial charge in [0.05, 0.1) is 5.03 Å². The fourth-order valence-electron chi connectivity index (χ4n) is 4.89. The predicted octanol–water partition coefficient (Wildman–Crippen LogP) is 4.85. The smallest absolute Gasteiger partial charge is 0.305 e. The van der Waals surface area contributed by atoms with Gasteiger partial charge in [0.2, 0.25) is 0 Å². The largest absolute Gasteiger partial charge is 0.307 e. The molecule has 5 atom stereocenters. The fraction of sp³-hybridized carbons (Fsp3) is 0.471. The molecule has 2 aromatic rings. The summed E-state index contributed by atoms with van der Waals surface area (Å²) in [4.78, 5) is 16.4. The molecule has 5 rings (SSSR count). The van der Waals surface area contributed by atoms with Gasteiger partial charge in [0.1, 0.15) is 0 Å². The van der Waals surface area contributed by atoms with Crippen LogP contribution in [0, 0.1) is 17.8 Å². The summed E-state index contributed by atoms with van der Waals surface area (Å²) in [5.74, 6) is 2.83. The van der Waals surface area contributed by atoms with Gasteiger partial charge in [-0.2, -0.15) is 0 Å². The van der Waals surface area contributed by atoms with Crippen molar-refractivity contribution in [2.24, 2.45) is 17.8 Å². The van der Waals surface area contributed by atoms with E-state index in [4.69, 9.17) is 0 Å². The first kappa shape index (κ1) is 13.9. The summed E-state index contributed by atoms with van der Waals surface area (Å²) in [5.41, 5.74) is 1.38. The number of halogens is 1. The molecule has 1 aromatic heterocycles. The molecular formula is C17H16BrNOS2. The highest BCUT2D eigenvalue weighted by Gasteiger charge is 2.54. The molecule has 2 aliphatic carbocycles. The molecule has 22 heavy (non-hydrogen) atoms. The van der Waals surface area contributed by atoms with Crippen LogP contribution >= 0.6 is 39.0 Å². The van der Waals surface area contributed by atoms with Gasteiger partial charge in [-0.3, -0.25) is 4.79 Å². The summed E-state index contributed by atoms with van der Waals surface area (Å²) in [5, 5.41) is 1.85. The number of hydrogen-bond acceptors (Lipinski definition) is 3. The summed E-state index contributed by atoms with van der Waals surface area (Å²) >= 11 is 6.93. The number of aromatic amines is 1. The van der Waals surface area contributed by atoms with Crippen LogP contribution in [0.1, 0.15) is 35.6 Å². The van der Waals surface area contributed by atoms with E-state index in [9.17, 15) is 4.79 Å². The van der Waals surface area contributed by atoms with E-state index in [0.29, 0.717) is 17.1 Å². The zero-order valence-corrected chi connectivity index (χ0v) is 15.1. The maximum absolute atomic E-state index is 11.9. The molecule has 0 radical (unpaired) electrons. The summed E-state index contributed by atoms with van der Waals surface area (Å²) in [7, 11) is 0. The van der Waals surface area contributed by atoms with Crippen molar-refractivity contribution in [1.82, 2.24) is 4.98 Å². The Morgan fingerprint density at radius 3 is 2.73 bits per heavy atom. The minimum atomic E-state index is 0.104. The lowest BCUT2D eigenvalue weighted by atomic mass is 9.75. The second-order valence-electron chi connectivity index (χ2n) is 6.73. The molecular weight excluding hydrogens is 378 g/mol. The van der Waals surface area contributed by atoms with Gasteiger partial charge >= 0.3 is 4.87 Å². The minimum absolute atomic E-state index is 0.104. The number of aromatic nitrogens is 1. The monoisotopic (exact) mass is 393 g/mol. The third-order valence-electron chi connectivity index (χ3n) is 5.69. The van der Waals surface area contributed by atoms with E-state index in [1.165, 1.54) is 41.0 Å². The molecule has 1 aliphatic heterocycles. The van der Waals surface area contributed by atoms with Crippen LogP contribution in [0.5, 0.6) is 0 Å². The Bertz CT molecular complexity index is 781. The third-order valence-corrected chi connectivity index (χ3v) is 8.85. The van der Waals surface area contributed by atoms with Crippen LogP contribution < -0.4 is 4.87 Å². The van der Waals surface area contributed by atoms with E-state index in [1.807, 2.05) is 11.8 Å². The number of thioether (sulfide) groups is 1. The number of fused-ring (bicyclic) bond motifs is 6. The Morgan fingerprint density at radius 1 is 1.14 bits per heavy atom. The van der Waals surface area contributed by atoms with Gasteiger partial charge in [0.15, 0.2) is 0 Å². The zero-order chi connectivity index (χ0) is 14.8. The maximum Gasteiger partial charge on any atom is 0.305 e. The van der Waals surface area contributed by atoms with E-state index < -0.39 is 0 Å². The quantitative estimate of drug-likeness (QED) is 0.750. The average molecular weight is 394 g/mol. The Balaban J connectivity index is 1.68. The van der Waals surface area contributed by atoms with Gasteiger partial charge in [0.25, 0.3) is 0 Å². The molecule has 114 valence electrons. The second-order valence-corrected chi connectivity index (χ2v) is 9.85. The van der Waals surface area contributed by atoms with E-state index in [0.717, 1.165) is 21.3 Å². The molecule has 3 aliphatic rings. The summed E-state index contributed by atoms with van der Waals surface area (Å²) in [6.07, 6.45) is 4.16. The highest BCUT2D eigenvalue weighted by Crippen LogP contribution is 2.63. The topological polar surface area (TPSA) is 32.9 Å². The number of hydrogen-bond donors (Lipinski definition) is 1. The van der Waals surface area contributed by atoms with Crippen LogP contribution in [-0.2, 0) is 0 Å². The van der Waals surface area contributed by atoms with Crippen LogP contribution in [0.2, 0.25) is 0 Å². The lowest BCUT2D eigenvalue weighted by molar-refractivity contribution is 0.307. The summed E-state index contributed by atoms with van der Waals surface area (Å²) in [6.45, 7) is 0. The SMILES string of the molecule is O=c1[nH]c2c(s1)[C@@H](c1ccc(Br)cc1)[C@H]1[C@@H]3CC[C@H](C3)[C@@H]1S2. The molecule has 0 spiro atoms. The summed E-state index contributed by atoms with van der Waals surface area (Å²) < 4.78 is 1.12. The standard InChI is InChI=1S/C17H16BrNOS2/c18-11-5-3-8(4-6-11)12-13-9-1-2-10(7-9)14(13)21-16-15(12)22-17(20)19-16/h3-6,9-10,12-14H,1-2,7H2,(H,19,20)/t9-,10-,12+,13-,14+/m1/s1. The molecule has 2 fully saturated rings. The maximum atomic E-state index is 11.9. The lowest BCUT2D eigenvalue weighted by Gasteiger charge is -2.40. The number of thiazole rings is 1. The van der Waals surface area contributed by atoms with E-state index in [1.54, 1.807) is 0 Å². The Kier molecular flexibility index (Phi) is 3.15. The molecule has 0 unspecified atom stereocenters. The van der Waals surface area contributed by atoms with Crippen LogP contribution in [0.15, 0.2) is 38.6 Å². The van der Waals surface area contributed by atoms with Crippen molar-refractivity contribution in [3.05, 3.63) is 48.8 Å². The van der Waals surface area contributed by atoms with Crippen molar-refractivity contribution in [3.8, 4) is 0 Å². The van der Waals surface area contributed by atoms with Crippen LogP contribution in [0.25, 0.3) is 0 Å². The van der Waals surface area contributed by atoms with Crippen LogP contribution in [0.4, 0.5) is 0 Å². The normalized spacial score (nSPS) is 35.4.